The van der Waals surface area contributed by atoms with Crippen molar-refractivity contribution in [1.29, 1.82) is 0 Å². The van der Waals surface area contributed by atoms with E-state index in [2.05, 4.69) is 13.8 Å². The Balaban J connectivity index is 4.16. The third-order valence-electron chi connectivity index (χ3n) is 2.03. The van der Waals surface area contributed by atoms with Gasteiger partial charge in [0.05, 0.1) is 5.41 Å². The number of rotatable bonds is 8. The second-order valence-electron chi connectivity index (χ2n) is 3.50. The van der Waals surface area contributed by atoms with Crippen LogP contribution in [0.2, 0.25) is 0 Å². The first-order valence-electron chi connectivity index (χ1n) is 5.36. The van der Waals surface area contributed by atoms with E-state index in [0.717, 1.165) is 38.8 Å². The fourth-order valence-corrected chi connectivity index (χ4v) is 1.46. The SMILES string of the molecule is CCCCN(C=CS(=O)(=O)F)CCCC. The highest BCUT2D eigenvalue weighted by Gasteiger charge is 2.02. The lowest BCUT2D eigenvalue weighted by Gasteiger charge is -2.19. The van der Waals surface area contributed by atoms with E-state index in [-0.39, 0.29) is 0 Å². The number of hydrogen-bond donors (Lipinski definition) is 0. The van der Waals surface area contributed by atoms with E-state index >= 15 is 0 Å². The number of nitrogens with zero attached hydrogens (tertiary/aromatic N) is 1. The van der Waals surface area contributed by atoms with Gasteiger partial charge in [0.25, 0.3) is 0 Å². The Morgan fingerprint density at radius 3 is 1.93 bits per heavy atom. The van der Waals surface area contributed by atoms with E-state index in [0.29, 0.717) is 5.41 Å². The summed E-state index contributed by atoms with van der Waals surface area (Å²) >= 11 is 0. The average Bonchev–Trinajstić information content (AvgIpc) is 2.15. The van der Waals surface area contributed by atoms with Crippen LogP contribution >= 0.6 is 0 Å². The minimum atomic E-state index is -4.49. The lowest BCUT2D eigenvalue weighted by Crippen LogP contribution is -2.20. The molecule has 90 valence electrons. The van der Waals surface area contributed by atoms with Gasteiger partial charge in [0.15, 0.2) is 0 Å². The van der Waals surface area contributed by atoms with Gasteiger partial charge in [0.1, 0.15) is 0 Å². The molecule has 15 heavy (non-hydrogen) atoms. The molecule has 0 bridgehead atoms. The lowest BCUT2D eigenvalue weighted by atomic mass is 10.3. The van der Waals surface area contributed by atoms with Crippen LogP contribution in [0.25, 0.3) is 0 Å². The first-order valence-corrected chi connectivity index (χ1v) is 6.81. The lowest BCUT2D eigenvalue weighted by molar-refractivity contribution is 0.360. The van der Waals surface area contributed by atoms with Crippen molar-refractivity contribution in [3.8, 4) is 0 Å². The van der Waals surface area contributed by atoms with Crippen LogP contribution in [-0.2, 0) is 10.2 Å². The van der Waals surface area contributed by atoms with Gasteiger partial charge >= 0.3 is 10.2 Å². The second kappa shape index (κ2) is 7.68. The van der Waals surface area contributed by atoms with Gasteiger partial charge in [0.2, 0.25) is 0 Å². The van der Waals surface area contributed by atoms with E-state index < -0.39 is 10.2 Å². The summed E-state index contributed by atoms with van der Waals surface area (Å²) in [5, 5.41) is 0.623. The molecule has 3 nitrogen and oxygen atoms in total. The Bertz CT molecular complexity index is 267. The normalized spacial score (nSPS) is 12.2. The summed E-state index contributed by atoms with van der Waals surface area (Å²) in [5.41, 5.74) is 0. The summed E-state index contributed by atoms with van der Waals surface area (Å²) in [6, 6.07) is 0. The quantitative estimate of drug-likeness (QED) is 0.609. The highest BCUT2D eigenvalue weighted by Crippen LogP contribution is 2.02. The molecule has 0 heterocycles. The fourth-order valence-electron chi connectivity index (χ4n) is 1.14. The molecule has 5 heteroatoms. The van der Waals surface area contributed by atoms with Gasteiger partial charge in [-0.3, -0.25) is 0 Å². The molecular formula is C10H20FNO2S. The van der Waals surface area contributed by atoms with E-state index in [1.807, 2.05) is 4.90 Å². The third-order valence-corrected chi connectivity index (χ3v) is 2.48. The molecule has 0 amide bonds. The molecule has 0 aliphatic rings. The molecule has 0 aliphatic carbocycles. The van der Waals surface area contributed by atoms with Gasteiger partial charge in [-0.1, -0.05) is 26.7 Å². The predicted molar refractivity (Wildman–Crippen MR) is 60.6 cm³/mol. The van der Waals surface area contributed by atoms with Crippen LogP contribution in [0.1, 0.15) is 39.5 Å². The van der Waals surface area contributed by atoms with Gasteiger partial charge in [0, 0.05) is 19.3 Å². The topological polar surface area (TPSA) is 37.4 Å². The van der Waals surface area contributed by atoms with E-state index in [9.17, 15) is 12.3 Å². The maximum atomic E-state index is 12.3. The standard InChI is InChI=1S/C10H20FNO2S/c1-3-5-7-12(8-6-4-2)9-10-15(11,13)14/h9-10H,3-8H2,1-2H3. The maximum Gasteiger partial charge on any atom is 0.326 e. The predicted octanol–water partition coefficient (Wildman–Crippen LogP) is 2.66. The molecule has 0 radical (unpaired) electrons. The minimum absolute atomic E-state index is 0.623. The van der Waals surface area contributed by atoms with E-state index in [1.54, 1.807) is 0 Å². The molecule has 0 fully saturated rings. The van der Waals surface area contributed by atoms with Gasteiger partial charge < -0.3 is 4.90 Å². The first-order chi connectivity index (χ1) is 6.99. The van der Waals surface area contributed by atoms with E-state index in [1.165, 1.54) is 6.20 Å². The minimum Gasteiger partial charge on any atom is -0.377 e. The highest BCUT2D eigenvalue weighted by molar-refractivity contribution is 7.89. The summed E-state index contributed by atoms with van der Waals surface area (Å²) in [6.07, 6.45) is 5.39. The Hall–Kier alpha value is -0.580. The molecule has 0 aromatic heterocycles. The third kappa shape index (κ3) is 9.72. The molecule has 0 saturated carbocycles. The Morgan fingerprint density at radius 1 is 1.13 bits per heavy atom. The molecule has 0 spiro atoms. The van der Waals surface area contributed by atoms with Gasteiger partial charge in [-0.2, -0.15) is 8.42 Å². The molecule has 0 N–H and O–H groups in total. The zero-order valence-electron chi connectivity index (χ0n) is 9.45. The molecule has 0 saturated heterocycles. The second-order valence-corrected chi connectivity index (χ2v) is 4.73. The molecule has 0 aliphatic heterocycles. The van der Waals surface area contributed by atoms with Crippen molar-refractivity contribution in [2.75, 3.05) is 13.1 Å². The number of hydrogen-bond acceptors (Lipinski definition) is 3. The van der Waals surface area contributed by atoms with Crippen LogP contribution in [0, 0.1) is 0 Å². The summed E-state index contributed by atoms with van der Waals surface area (Å²) in [6.45, 7) is 5.69. The molecular weight excluding hydrogens is 217 g/mol. The van der Waals surface area contributed by atoms with Crippen LogP contribution in [0.3, 0.4) is 0 Å². The summed E-state index contributed by atoms with van der Waals surface area (Å²) in [4.78, 5) is 1.85. The average molecular weight is 237 g/mol. The van der Waals surface area contributed by atoms with Crippen molar-refractivity contribution in [1.82, 2.24) is 4.90 Å². The van der Waals surface area contributed by atoms with Crippen molar-refractivity contribution in [2.45, 2.75) is 39.5 Å². The summed E-state index contributed by atoms with van der Waals surface area (Å²) in [7, 11) is -4.49. The first kappa shape index (κ1) is 14.4. The van der Waals surface area contributed by atoms with Crippen LogP contribution in [0.5, 0.6) is 0 Å². The van der Waals surface area contributed by atoms with Crippen LogP contribution < -0.4 is 0 Å². The molecule has 0 aromatic rings. The van der Waals surface area contributed by atoms with Gasteiger partial charge in [-0.15, -0.1) is 3.89 Å². The summed E-state index contributed by atoms with van der Waals surface area (Å²) < 4.78 is 32.9. The Morgan fingerprint density at radius 2 is 1.60 bits per heavy atom. The highest BCUT2D eigenvalue weighted by atomic mass is 32.3. The van der Waals surface area contributed by atoms with Gasteiger partial charge in [-0.05, 0) is 12.8 Å². The van der Waals surface area contributed by atoms with E-state index in [4.69, 9.17) is 0 Å². The molecule has 0 aromatic carbocycles. The molecule has 0 unspecified atom stereocenters. The fraction of sp³-hybridized carbons (Fsp3) is 0.800. The van der Waals surface area contributed by atoms with Crippen molar-refractivity contribution in [2.24, 2.45) is 0 Å². The van der Waals surface area contributed by atoms with Gasteiger partial charge in [-0.25, -0.2) is 0 Å². The Kier molecular flexibility index (Phi) is 7.38. The monoisotopic (exact) mass is 237 g/mol. The smallest absolute Gasteiger partial charge is 0.326 e. The van der Waals surface area contributed by atoms with Crippen molar-refractivity contribution in [3.63, 3.8) is 0 Å². The van der Waals surface area contributed by atoms with Crippen LogP contribution in [0.4, 0.5) is 3.89 Å². The van der Waals surface area contributed by atoms with Crippen LogP contribution in [0.15, 0.2) is 11.6 Å². The zero-order chi connectivity index (χ0) is 11.7. The Labute approximate surface area is 92.2 Å². The van der Waals surface area contributed by atoms with Crippen molar-refractivity contribution in [3.05, 3.63) is 11.6 Å². The molecule has 0 atom stereocenters. The number of unbranched alkanes of at least 4 members (excludes halogenated alkanes) is 2. The summed E-state index contributed by atoms with van der Waals surface area (Å²) in [5.74, 6) is 0. The maximum absolute atomic E-state index is 12.3. The number of halogens is 1. The zero-order valence-corrected chi connectivity index (χ0v) is 10.3. The van der Waals surface area contributed by atoms with Crippen LogP contribution in [-0.4, -0.2) is 26.4 Å². The van der Waals surface area contributed by atoms with Crippen molar-refractivity contribution >= 4 is 10.2 Å². The largest absolute Gasteiger partial charge is 0.377 e. The molecule has 0 rings (SSSR count). The van der Waals surface area contributed by atoms with Crippen molar-refractivity contribution < 1.29 is 12.3 Å².